The highest BCUT2D eigenvalue weighted by Crippen LogP contribution is 2.26. The minimum absolute atomic E-state index is 0.00208. The zero-order valence-electron chi connectivity index (χ0n) is 18.2. The summed E-state index contributed by atoms with van der Waals surface area (Å²) in [6, 6.07) is 11.3. The third-order valence-corrected chi connectivity index (χ3v) is 5.67. The normalized spacial score (nSPS) is 18.0. The molecule has 1 fully saturated rings. The number of benzene rings is 1. The van der Waals surface area contributed by atoms with Gasteiger partial charge in [-0.2, -0.15) is 4.98 Å². The zero-order chi connectivity index (χ0) is 22.3. The van der Waals surface area contributed by atoms with Crippen molar-refractivity contribution in [1.29, 1.82) is 0 Å². The van der Waals surface area contributed by atoms with Crippen LogP contribution in [0.15, 0.2) is 53.3 Å². The summed E-state index contributed by atoms with van der Waals surface area (Å²) in [4.78, 5) is 35.8. The molecule has 3 aromatic rings. The highest BCUT2D eigenvalue weighted by molar-refractivity contribution is 5.94. The van der Waals surface area contributed by atoms with E-state index in [1.165, 1.54) is 0 Å². The quantitative estimate of drug-likeness (QED) is 0.680. The molecule has 2 aromatic heterocycles. The van der Waals surface area contributed by atoms with Crippen molar-refractivity contribution in [2.75, 3.05) is 19.6 Å². The Hall–Kier alpha value is -3.55. The molecule has 1 aliphatic rings. The smallest absolute Gasteiger partial charge is 0.253 e. The van der Waals surface area contributed by atoms with E-state index in [0.29, 0.717) is 43.3 Å². The summed E-state index contributed by atoms with van der Waals surface area (Å²) in [5.41, 5.74) is 2.48. The van der Waals surface area contributed by atoms with E-state index in [1.54, 1.807) is 17.3 Å². The van der Waals surface area contributed by atoms with E-state index in [2.05, 4.69) is 20.4 Å². The van der Waals surface area contributed by atoms with Crippen LogP contribution in [-0.4, -0.2) is 51.5 Å². The van der Waals surface area contributed by atoms with Crippen LogP contribution >= 0.6 is 0 Å². The largest absolute Gasteiger partial charge is 0.356 e. The van der Waals surface area contributed by atoms with Gasteiger partial charge in [-0.15, -0.1) is 0 Å². The van der Waals surface area contributed by atoms with E-state index in [-0.39, 0.29) is 24.2 Å². The van der Waals surface area contributed by atoms with Crippen LogP contribution in [-0.2, 0) is 4.79 Å². The molecule has 3 heterocycles. The van der Waals surface area contributed by atoms with E-state index in [1.807, 2.05) is 43.3 Å². The topological polar surface area (TPSA) is 101 Å². The van der Waals surface area contributed by atoms with Gasteiger partial charge >= 0.3 is 0 Å². The van der Waals surface area contributed by atoms with Crippen LogP contribution in [0.1, 0.15) is 53.4 Å². The second kappa shape index (κ2) is 10.2. The van der Waals surface area contributed by atoms with Crippen molar-refractivity contribution in [3.8, 4) is 11.4 Å². The van der Waals surface area contributed by atoms with Crippen molar-refractivity contribution in [2.45, 2.75) is 38.5 Å². The second-order valence-electron chi connectivity index (χ2n) is 8.09. The van der Waals surface area contributed by atoms with Gasteiger partial charge in [0.2, 0.25) is 17.6 Å². The molecule has 0 aliphatic carbocycles. The number of carbonyl (C=O) groups is 2. The number of nitrogens with zero attached hydrogens (tertiary/aromatic N) is 4. The van der Waals surface area contributed by atoms with Crippen molar-refractivity contribution >= 4 is 11.8 Å². The number of aromatic nitrogens is 3. The van der Waals surface area contributed by atoms with Crippen LogP contribution in [0.5, 0.6) is 0 Å². The van der Waals surface area contributed by atoms with Crippen molar-refractivity contribution < 1.29 is 14.1 Å². The first kappa shape index (κ1) is 21.7. The molecular formula is C24H27N5O3. The van der Waals surface area contributed by atoms with Crippen molar-refractivity contribution in [2.24, 2.45) is 0 Å². The summed E-state index contributed by atoms with van der Waals surface area (Å²) in [6.07, 6.45) is 5.94. The number of hydrogen-bond acceptors (Lipinski definition) is 6. The highest BCUT2D eigenvalue weighted by atomic mass is 16.5. The number of nitrogens with one attached hydrogen (secondary N) is 1. The molecule has 1 aromatic carbocycles. The Morgan fingerprint density at radius 3 is 2.91 bits per heavy atom. The van der Waals surface area contributed by atoms with Crippen LogP contribution < -0.4 is 5.32 Å². The maximum atomic E-state index is 13.1. The van der Waals surface area contributed by atoms with E-state index >= 15 is 0 Å². The first-order chi connectivity index (χ1) is 15.6. The van der Waals surface area contributed by atoms with Crippen LogP contribution in [0, 0.1) is 6.92 Å². The Kier molecular flexibility index (Phi) is 6.89. The molecule has 0 spiro atoms. The lowest BCUT2D eigenvalue weighted by Gasteiger charge is -2.23. The fraction of sp³-hybridized carbons (Fsp3) is 0.375. The third-order valence-electron chi connectivity index (χ3n) is 5.67. The molecule has 1 aliphatic heterocycles. The standard InChI is InChI=1S/C24H27N5O3/c1-17-5-2-6-19(15-17)24(31)29-13-4-8-18(9-12-26-21(30)10-14-29)23-27-22(28-32-23)20-7-3-11-25-16-20/h2-3,5-7,11,15-16,18H,4,8-10,12-14H2,1H3,(H,26,30). The Bertz CT molecular complexity index is 1070. The Balaban J connectivity index is 1.48. The van der Waals surface area contributed by atoms with Gasteiger partial charge in [0.15, 0.2) is 0 Å². The number of carbonyl (C=O) groups excluding carboxylic acids is 2. The summed E-state index contributed by atoms with van der Waals surface area (Å²) in [5, 5.41) is 7.05. The molecular weight excluding hydrogens is 406 g/mol. The molecule has 8 nitrogen and oxygen atoms in total. The van der Waals surface area contributed by atoms with Gasteiger partial charge < -0.3 is 14.7 Å². The maximum absolute atomic E-state index is 13.1. The lowest BCUT2D eigenvalue weighted by molar-refractivity contribution is -0.121. The molecule has 0 saturated carbocycles. The number of pyridine rings is 1. The van der Waals surface area contributed by atoms with Gasteiger partial charge in [-0.25, -0.2) is 0 Å². The van der Waals surface area contributed by atoms with Gasteiger partial charge in [-0.3, -0.25) is 14.6 Å². The SMILES string of the molecule is Cc1cccc(C(=O)N2CCCC(c3nc(-c4cccnc4)no3)CCNC(=O)CC2)c1. The monoisotopic (exact) mass is 433 g/mol. The lowest BCUT2D eigenvalue weighted by Crippen LogP contribution is -2.35. The first-order valence-electron chi connectivity index (χ1n) is 11.0. The molecule has 4 rings (SSSR count). The summed E-state index contributed by atoms with van der Waals surface area (Å²) >= 11 is 0. The number of aryl methyl sites for hydroxylation is 1. The summed E-state index contributed by atoms with van der Waals surface area (Å²) in [6.45, 7) is 3.46. The van der Waals surface area contributed by atoms with Crippen LogP contribution in [0.2, 0.25) is 0 Å². The predicted octanol–water partition coefficient (Wildman–Crippen LogP) is 3.36. The molecule has 2 amide bonds. The van der Waals surface area contributed by atoms with Gasteiger partial charge in [0.05, 0.1) is 0 Å². The van der Waals surface area contributed by atoms with Crippen LogP contribution in [0.3, 0.4) is 0 Å². The summed E-state index contributed by atoms with van der Waals surface area (Å²) in [5.74, 6) is 0.946. The molecule has 1 saturated heterocycles. The average molecular weight is 434 g/mol. The fourth-order valence-corrected chi connectivity index (χ4v) is 3.92. The van der Waals surface area contributed by atoms with Crippen molar-refractivity contribution in [1.82, 2.24) is 25.3 Å². The van der Waals surface area contributed by atoms with Gasteiger partial charge in [0.25, 0.3) is 5.91 Å². The van der Waals surface area contributed by atoms with Gasteiger partial charge in [-0.1, -0.05) is 22.9 Å². The fourth-order valence-electron chi connectivity index (χ4n) is 3.92. The molecule has 1 N–H and O–H groups in total. The first-order valence-corrected chi connectivity index (χ1v) is 11.0. The zero-order valence-corrected chi connectivity index (χ0v) is 18.2. The van der Waals surface area contributed by atoms with Crippen molar-refractivity contribution in [3.63, 3.8) is 0 Å². The number of hydrogen-bond donors (Lipinski definition) is 1. The molecule has 0 bridgehead atoms. The van der Waals surface area contributed by atoms with E-state index < -0.39 is 0 Å². The highest BCUT2D eigenvalue weighted by Gasteiger charge is 2.23. The molecule has 1 atom stereocenters. The Morgan fingerprint density at radius 1 is 1.19 bits per heavy atom. The molecule has 166 valence electrons. The van der Waals surface area contributed by atoms with Crippen LogP contribution in [0.25, 0.3) is 11.4 Å². The molecule has 0 radical (unpaired) electrons. The average Bonchev–Trinajstić information content (AvgIpc) is 3.29. The van der Waals surface area contributed by atoms with Crippen molar-refractivity contribution in [3.05, 3.63) is 65.8 Å². The van der Waals surface area contributed by atoms with Gasteiger partial charge in [-0.05, 0) is 50.5 Å². The van der Waals surface area contributed by atoms with E-state index in [0.717, 1.165) is 24.0 Å². The minimum atomic E-state index is -0.0609. The number of amides is 2. The Morgan fingerprint density at radius 2 is 2.09 bits per heavy atom. The number of rotatable bonds is 3. The summed E-state index contributed by atoms with van der Waals surface area (Å²) < 4.78 is 5.56. The molecule has 8 heteroatoms. The lowest BCUT2D eigenvalue weighted by atomic mass is 9.99. The van der Waals surface area contributed by atoms with Gasteiger partial charge in [0.1, 0.15) is 0 Å². The van der Waals surface area contributed by atoms with Gasteiger partial charge in [0, 0.05) is 55.5 Å². The second-order valence-corrected chi connectivity index (χ2v) is 8.09. The van der Waals surface area contributed by atoms with E-state index in [9.17, 15) is 9.59 Å². The predicted molar refractivity (Wildman–Crippen MR) is 119 cm³/mol. The minimum Gasteiger partial charge on any atom is -0.356 e. The Labute approximate surface area is 187 Å². The van der Waals surface area contributed by atoms with E-state index in [4.69, 9.17) is 4.52 Å². The third kappa shape index (κ3) is 5.38. The maximum Gasteiger partial charge on any atom is 0.253 e. The molecule has 32 heavy (non-hydrogen) atoms. The van der Waals surface area contributed by atoms with Crippen LogP contribution in [0.4, 0.5) is 0 Å². The summed E-state index contributed by atoms with van der Waals surface area (Å²) in [7, 11) is 0. The molecule has 1 unspecified atom stereocenters.